The van der Waals surface area contributed by atoms with Gasteiger partial charge >= 0.3 is 5.97 Å². The van der Waals surface area contributed by atoms with E-state index >= 15 is 0 Å². The highest BCUT2D eigenvalue weighted by molar-refractivity contribution is 7.99. The number of aliphatic carboxylic acids is 1. The van der Waals surface area contributed by atoms with Gasteiger partial charge in [-0.25, -0.2) is 9.18 Å². The van der Waals surface area contributed by atoms with Gasteiger partial charge in [0.1, 0.15) is 5.82 Å². The van der Waals surface area contributed by atoms with Crippen LogP contribution >= 0.6 is 11.8 Å². The number of thioether (sulfide) groups is 1. The van der Waals surface area contributed by atoms with E-state index in [1.54, 1.807) is 22.7 Å². The van der Waals surface area contributed by atoms with Crippen LogP contribution < -0.4 is 0 Å². The van der Waals surface area contributed by atoms with Gasteiger partial charge in [0.15, 0.2) is 0 Å². The lowest BCUT2D eigenvalue weighted by Gasteiger charge is -2.33. The first-order valence-corrected chi connectivity index (χ1v) is 7.74. The second-order valence-electron chi connectivity index (χ2n) is 4.83. The maximum atomic E-state index is 14.1. The number of amides is 1. The number of carboxylic acid groups (broad SMARTS) is 1. The fourth-order valence-electron chi connectivity index (χ4n) is 2.16. The molecule has 21 heavy (non-hydrogen) atoms. The van der Waals surface area contributed by atoms with Crippen molar-refractivity contribution in [3.63, 3.8) is 0 Å². The summed E-state index contributed by atoms with van der Waals surface area (Å²) in [4.78, 5) is 24.5. The molecular weight excluding hydrogens is 293 g/mol. The molecule has 1 saturated heterocycles. The molecule has 0 bridgehead atoms. The van der Waals surface area contributed by atoms with E-state index in [2.05, 4.69) is 0 Å². The highest BCUT2D eigenvalue weighted by Gasteiger charge is 2.26. The van der Waals surface area contributed by atoms with Crippen LogP contribution in [0, 0.1) is 5.82 Å². The van der Waals surface area contributed by atoms with E-state index < -0.39 is 11.8 Å². The minimum Gasteiger partial charge on any atom is -0.478 e. The molecule has 0 saturated carbocycles. The Balaban J connectivity index is 2.20. The SMILES string of the molecule is CC1CSCCN1C(=O)c1ccc(C=CC(=O)O)cc1F. The van der Waals surface area contributed by atoms with Crippen LogP contribution in [-0.4, -0.2) is 46.0 Å². The zero-order chi connectivity index (χ0) is 15.4. The quantitative estimate of drug-likeness (QED) is 0.872. The molecule has 1 fully saturated rings. The first-order valence-electron chi connectivity index (χ1n) is 6.58. The second kappa shape index (κ2) is 6.76. The molecule has 1 unspecified atom stereocenters. The van der Waals surface area contributed by atoms with E-state index in [4.69, 9.17) is 5.11 Å². The molecule has 4 nitrogen and oxygen atoms in total. The van der Waals surface area contributed by atoms with Crippen molar-refractivity contribution in [2.45, 2.75) is 13.0 Å². The van der Waals surface area contributed by atoms with Gasteiger partial charge < -0.3 is 10.0 Å². The fraction of sp³-hybridized carbons (Fsp3) is 0.333. The predicted octanol–water partition coefficient (Wildman–Crippen LogP) is 2.50. The van der Waals surface area contributed by atoms with E-state index in [9.17, 15) is 14.0 Å². The summed E-state index contributed by atoms with van der Waals surface area (Å²) < 4.78 is 14.1. The summed E-state index contributed by atoms with van der Waals surface area (Å²) in [5.41, 5.74) is 0.440. The van der Waals surface area contributed by atoms with Crippen LogP contribution in [0.3, 0.4) is 0 Å². The van der Waals surface area contributed by atoms with Crippen molar-refractivity contribution in [1.29, 1.82) is 0 Å². The molecule has 0 aliphatic carbocycles. The molecule has 0 spiro atoms. The number of carbonyl (C=O) groups is 2. The number of rotatable bonds is 3. The molecule has 1 heterocycles. The van der Waals surface area contributed by atoms with Gasteiger partial charge in [0.2, 0.25) is 0 Å². The average molecular weight is 309 g/mol. The Labute approximate surface area is 126 Å². The number of nitrogens with zero attached hydrogens (tertiary/aromatic N) is 1. The topological polar surface area (TPSA) is 57.6 Å². The van der Waals surface area contributed by atoms with Gasteiger partial charge in [0.25, 0.3) is 5.91 Å². The van der Waals surface area contributed by atoms with Crippen molar-refractivity contribution in [3.05, 3.63) is 41.2 Å². The van der Waals surface area contributed by atoms with Crippen LogP contribution in [0.25, 0.3) is 6.08 Å². The van der Waals surface area contributed by atoms with Crippen LogP contribution in [0.5, 0.6) is 0 Å². The lowest BCUT2D eigenvalue weighted by atomic mass is 10.1. The van der Waals surface area contributed by atoms with E-state index in [1.165, 1.54) is 18.2 Å². The Hall–Kier alpha value is -1.82. The van der Waals surface area contributed by atoms with Gasteiger partial charge in [-0.15, -0.1) is 0 Å². The zero-order valence-corrected chi connectivity index (χ0v) is 12.4. The van der Waals surface area contributed by atoms with Crippen LogP contribution in [0.15, 0.2) is 24.3 Å². The molecule has 2 rings (SSSR count). The van der Waals surface area contributed by atoms with E-state index in [1.807, 2.05) is 6.92 Å². The smallest absolute Gasteiger partial charge is 0.328 e. The van der Waals surface area contributed by atoms with Crippen molar-refractivity contribution in [3.8, 4) is 0 Å². The number of hydrogen-bond acceptors (Lipinski definition) is 3. The molecule has 112 valence electrons. The predicted molar refractivity (Wildman–Crippen MR) is 80.9 cm³/mol. The average Bonchev–Trinajstić information content (AvgIpc) is 2.45. The third kappa shape index (κ3) is 3.85. The Kier molecular flexibility index (Phi) is 5.01. The monoisotopic (exact) mass is 309 g/mol. The van der Waals surface area contributed by atoms with Crippen molar-refractivity contribution in [2.75, 3.05) is 18.1 Å². The van der Waals surface area contributed by atoms with Crippen LogP contribution in [0.4, 0.5) is 4.39 Å². The highest BCUT2D eigenvalue weighted by atomic mass is 32.2. The Morgan fingerprint density at radius 3 is 2.86 bits per heavy atom. The first kappa shape index (κ1) is 15.6. The summed E-state index contributed by atoms with van der Waals surface area (Å²) in [6.45, 7) is 2.57. The number of halogens is 1. The van der Waals surface area contributed by atoms with Gasteiger partial charge in [-0.05, 0) is 30.7 Å². The van der Waals surface area contributed by atoms with Gasteiger partial charge in [0, 0.05) is 30.2 Å². The molecular formula is C15H16FNO3S. The molecule has 1 aliphatic rings. The summed E-state index contributed by atoms with van der Waals surface area (Å²) in [5.74, 6) is -0.327. The van der Waals surface area contributed by atoms with E-state index in [0.29, 0.717) is 12.1 Å². The van der Waals surface area contributed by atoms with Gasteiger partial charge in [-0.3, -0.25) is 4.79 Å². The molecule has 1 aromatic carbocycles. The lowest BCUT2D eigenvalue weighted by molar-refractivity contribution is -0.131. The van der Waals surface area contributed by atoms with Crippen LogP contribution in [-0.2, 0) is 4.79 Å². The standard InChI is InChI=1S/C15H16FNO3S/c1-10-9-21-7-6-17(10)15(20)12-4-2-11(8-13(12)16)3-5-14(18)19/h2-5,8,10H,6-7,9H2,1H3,(H,18,19). The third-order valence-electron chi connectivity index (χ3n) is 3.27. The Morgan fingerprint density at radius 1 is 1.48 bits per heavy atom. The number of carboxylic acids is 1. The van der Waals surface area contributed by atoms with E-state index in [-0.39, 0.29) is 17.5 Å². The summed E-state index contributed by atoms with van der Waals surface area (Å²) >= 11 is 1.78. The second-order valence-corrected chi connectivity index (χ2v) is 5.98. The van der Waals surface area contributed by atoms with Crippen molar-refractivity contribution in [1.82, 2.24) is 4.90 Å². The lowest BCUT2D eigenvalue weighted by Crippen LogP contribution is -2.44. The molecule has 0 aromatic heterocycles. The summed E-state index contributed by atoms with van der Waals surface area (Å²) in [5, 5.41) is 8.54. The molecule has 0 radical (unpaired) electrons. The number of hydrogen-bond donors (Lipinski definition) is 1. The summed E-state index contributed by atoms with van der Waals surface area (Å²) in [6.07, 6.45) is 2.22. The van der Waals surface area contributed by atoms with E-state index in [0.717, 1.165) is 17.6 Å². The van der Waals surface area contributed by atoms with Gasteiger partial charge in [-0.2, -0.15) is 11.8 Å². The minimum atomic E-state index is -1.10. The zero-order valence-electron chi connectivity index (χ0n) is 11.6. The summed E-state index contributed by atoms with van der Waals surface area (Å²) in [7, 11) is 0. The number of benzene rings is 1. The molecule has 1 aromatic rings. The maximum absolute atomic E-state index is 14.1. The number of carbonyl (C=O) groups excluding carboxylic acids is 1. The highest BCUT2D eigenvalue weighted by Crippen LogP contribution is 2.20. The normalized spacial score (nSPS) is 19.0. The maximum Gasteiger partial charge on any atom is 0.328 e. The van der Waals surface area contributed by atoms with Crippen molar-refractivity contribution in [2.24, 2.45) is 0 Å². The molecule has 1 amide bonds. The Bertz CT molecular complexity index is 588. The van der Waals surface area contributed by atoms with Crippen molar-refractivity contribution >= 4 is 29.7 Å². The summed E-state index contributed by atoms with van der Waals surface area (Å²) in [6, 6.07) is 4.21. The molecule has 1 atom stereocenters. The minimum absolute atomic E-state index is 0.0289. The first-order chi connectivity index (χ1) is 9.99. The van der Waals surface area contributed by atoms with Gasteiger partial charge in [-0.1, -0.05) is 6.07 Å². The molecule has 6 heteroatoms. The van der Waals surface area contributed by atoms with Gasteiger partial charge in [0.05, 0.1) is 5.56 Å². The molecule has 1 N–H and O–H groups in total. The van der Waals surface area contributed by atoms with Crippen molar-refractivity contribution < 1.29 is 19.1 Å². The largest absolute Gasteiger partial charge is 0.478 e. The Morgan fingerprint density at radius 2 is 2.24 bits per heavy atom. The fourth-order valence-corrected chi connectivity index (χ4v) is 3.17. The van der Waals surface area contributed by atoms with Crippen LogP contribution in [0.2, 0.25) is 0 Å². The van der Waals surface area contributed by atoms with Crippen LogP contribution in [0.1, 0.15) is 22.8 Å². The molecule has 1 aliphatic heterocycles. The third-order valence-corrected chi connectivity index (χ3v) is 4.46.